The van der Waals surface area contributed by atoms with Crippen LogP contribution in [0.15, 0.2) is 18.3 Å². The van der Waals surface area contributed by atoms with E-state index in [9.17, 15) is 9.00 Å². The summed E-state index contributed by atoms with van der Waals surface area (Å²) >= 11 is 0. The number of carbonyl (C=O) groups excluding carboxylic acids is 1. The molecule has 0 saturated carbocycles. The van der Waals surface area contributed by atoms with Gasteiger partial charge in [0.15, 0.2) is 0 Å². The molecule has 0 radical (unpaired) electrons. The highest BCUT2D eigenvalue weighted by molar-refractivity contribution is 7.86. The average Bonchev–Trinajstić information content (AvgIpc) is 2.44. The summed E-state index contributed by atoms with van der Waals surface area (Å²) in [7, 11) is 0.611. The number of aromatic nitrogens is 1. The largest absolute Gasteiger partial charge is 0.465 e. The fourth-order valence-corrected chi connectivity index (χ4v) is 3.97. The standard InChI is InChI=1S/C14H20N2O3S/c1-10-7-16(8-11(2)20(10)18)9-13-5-4-12(6-15-13)14(17)19-3/h4-6,10-11H,7-9H2,1-3H3. The Bertz CT molecular complexity index is 490. The number of carbonyl (C=O) groups is 1. The number of hydrogen-bond donors (Lipinski definition) is 0. The lowest BCUT2D eigenvalue weighted by Gasteiger charge is -2.34. The first-order valence-electron chi connectivity index (χ1n) is 6.66. The van der Waals surface area contributed by atoms with Gasteiger partial charge in [0, 0.05) is 47.1 Å². The van der Waals surface area contributed by atoms with E-state index in [1.807, 2.05) is 19.9 Å². The second-order valence-electron chi connectivity index (χ2n) is 5.17. The fourth-order valence-electron chi connectivity index (χ4n) is 2.46. The van der Waals surface area contributed by atoms with E-state index in [4.69, 9.17) is 0 Å². The van der Waals surface area contributed by atoms with Gasteiger partial charge in [-0.3, -0.25) is 14.1 Å². The van der Waals surface area contributed by atoms with Crippen LogP contribution in [0.25, 0.3) is 0 Å². The highest BCUT2D eigenvalue weighted by atomic mass is 32.2. The molecule has 0 spiro atoms. The van der Waals surface area contributed by atoms with Crippen LogP contribution >= 0.6 is 0 Å². The van der Waals surface area contributed by atoms with Crippen molar-refractivity contribution in [3.05, 3.63) is 29.6 Å². The van der Waals surface area contributed by atoms with Gasteiger partial charge in [0.05, 0.1) is 18.4 Å². The molecule has 20 heavy (non-hydrogen) atoms. The summed E-state index contributed by atoms with van der Waals surface area (Å²) in [5, 5.41) is 0.376. The van der Waals surface area contributed by atoms with Gasteiger partial charge >= 0.3 is 5.97 Å². The van der Waals surface area contributed by atoms with Gasteiger partial charge in [-0.25, -0.2) is 4.79 Å². The number of methoxy groups -OCH3 is 1. The number of pyridine rings is 1. The minimum absolute atomic E-state index is 0.188. The van der Waals surface area contributed by atoms with Crippen LogP contribution in [0.4, 0.5) is 0 Å². The molecule has 2 rings (SSSR count). The molecule has 0 N–H and O–H groups in total. The zero-order chi connectivity index (χ0) is 14.7. The molecule has 1 aliphatic rings. The van der Waals surface area contributed by atoms with Crippen molar-refractivity contribution < 1.29 is 13.7 Å². The molecule has 0 amide bonds. The highest BCUT2D eigenvalue weighted by Crippen LogP contribution is 2.16. The lowest BCUT2D eigenvalue weighted by Crippen LogP contribution is -2.46. The van der Waals surface area contributed by atoms with Crippen molar-refractivity contribution >= 4 is 16.8 Å². The summed E-state index contributed by atoms with van der Waals surface area (Å²) in [5.74, 6) is -0.375. The summed E-state index contributed by atoms with van der Waals surface area (Å²) < 4.78 is 16.5. The van der Waals surface area contributed by atoms with Crippen molar-refractivity contribution in [3.8, 4) is 0 Å². The maximum atomic E-state index is 11.9. The summed E-state index contributed by atoms with van der Waals surface area (Å²) in [6.45, 7) is 6.39. The first-order chi connectivity index (χ1) is 9.51. The summed E-state index contributed by atoms with van der Waals surface area (Å²) in [6.07, 6.45) is 1.54. The maximum Gasteiger partial charge on any atom is 0.339 e. The van der Waals surface area contributed by atoms with Gasteiger partial charge in [-0.1, -0.05) is 0 Å². The van der Waals surface area contributed by atoms with Gasteiger partial charge in [-0.15, -0.1) is 0 Å². The third-order valence-electron chi connectivity index (χ3n) is 3.46. The predicted octanol–water partition coefficient (Wildman–Crippen LogP) is 1.21. The smallest absolute Gasteiger partial charge is 0.339 e. The minimum atomic E-state index is -0.743. The second kappa shape index (κ2) is 6.45. The van der Waals surface area contributed by atoms with E-state index in [0.717, 1.165) is 18.8 Å². The maximum absolute atomic E-state index is 11.9. The second-order valence-corrected chi connectivity index (χ2v) is 7.44. The Hall–Kier alpha value is -1.27. The lowest BCUT2D eigenvalue weighted by molar-refractivity contribution is 0.0600. The molecule has 1 fully saturated rings. The van der Waals surface area contributed by atoms with Gasteiger partial charge in [0.25, 0.3) is 0 Å². The van der Waals surface area contributed by atoms with Crippen LogP contribution in [-0.2, 0) is 22.1 Å². The van der Waals surface area contributed by atoms with Gasteiger partial charge in [-0.2, -0.15) is 0 Å². The van der Waals surface area contributed by atoms with Crippen molar-refractivity contribution in [1.82, 2.24) is 9.88 Å². The Balaban J connectivity index is 2.00. The van der Waals surface area contributed by atoms with E-state index >= 15 is 0 Å². The predicted molar refractivity (Wildman–Crippen MR) is 77.9 cm³/mol. The van der Waals surface area contributed by atoms with Crippen molar-refractivity contribution in [1.29, 1.82) is 0 Å². The van der Waals surface area contributed by atoms with E-state index in [-0.39, 0.29) is 16.5 Å². The molecule has 0 aromatic carbocycles. The number of rotatable bonds is 3. The van der Waals surface area contributed by atoms with Crippen LogP contribution in [-0.4, -0.2) is 50.8 Å². The first-order valence-corrected chi connectivity index (χ1v) is 7.94. The van der Waals surface area contributed by atoms with Gasteiger partial charge in [0.2, 0.25) is 0 Å². The zero-order valence-electron chi connectivity index (χ0n) is 12.0. The van der Waals surface area contributed by atoms with Crippen LogP contribution in [0, 0.1) is 0 Å². The van der Waals surface area contributed by atoms with Crippen molar-refractivity contribution in [3.63, 3.8) is 0 Å². The molecule has 5 nitrogen and oxygen atoms in total. The molecule has 0 bridgehead atoms. The fraction of sp³-hybridized carbons (Fsp3) is 0.571. The Morgan fingerprint density at radius 1 is 1.40 bits per heavy atom. The zero-order valence-corrected chi connectivity index (χ0v) is 12.9. The Morgan fingerprint density at radius 2 is 2.05 bits per heavy atom. The monoisotopic (exact) mass is 296 g/mol. The minimum Gasteiger partial charge on any atom is -0.465 e. The van der Waals surface area contributed by atoms with Crippen LogP contribution in [0.5, 0.6) is 0 Å². The Labute approximate surface area is 121 Å². The molecule has 2 heterocycles. The molecule has 1 aromatic rings. The van der Waals surface area contributed by atoms with Crippen molar-refractivity contribution in [2.24, 2.45) is 0 Å². The summed E-state index contributed by atoms with van der Waals surface area (Å²) in [6, 6.07) is 3.57. The van der Waals surface area contributed by atoms with Crippen molar-refractivity contribution in [2.45, 2.75) is 30.9 Å². The Morgan fingerprint density at radius 3 is 2.55 bits per heavy atom. The quantitative estimate of drug-likeness (QED) is 0.785. The van der Waals surface area contributed by atoms with Gasteiger partial charge in [0.1, 0.15) is 0 Å². The van der Waals surface area contributed by atoms with E-state index in [1.165, 1.54) is 13.3 Å². The van der Waals surface area contributed by atoms with Crippen LogP contribution < -0.4 is 0 Å². The summed E-state index contributed by atoms with van der Waals surface area (Å²) in [4.78, 5) is 17.9. The third-order valence-corrected chi connectivity index (χ3v) is 5.34. The van der Waals surface area contributed by atoms with Crippen molar-refractivity contribution in [2.75, 3.05) is 20.2 Å². The van der Waals surface area contributed by atoms with E-state index < -0.39 is 10.8 Å². The van der Waals surface area contributed by atoms with Gasteiger partial charge < -0.3 is 4.74 Å². The van der Waals surface area contributed by atoms with E-state index in [2.05, 4.69) is 14.6 Å². The van der Waals surface area contributed by atoms with Gasteiger partial charge in [-0.05, 0) is 26.0 Å². The number of hydrogen-bond acceptors (Lipinski definition) is 5. The molecule has 1 aliphatic heterocycles. The van der Waals surface area contributed by atoms with E-state index in [0.29, 0.717) is 12.1 Å². The first kappa shape index (κ1) is 15.1. The average molecular weight is 296 g/mol. The SMILES string of the molecule is COC(=O)c1ccc(CN2CC(C)S(=O)C(C)C2)nc1. The molecule has 2 unspecified atom stereocenters. The molecule has 110 valence electrons. The molecular formula is C14H20N2O3S. The molecule has 1 saturated heterocycles. The van der Waals surface area contributed by atoms with Crippen LogP contribution in [0.3, 0.4) is 0 Å². The molecule has 2 atom stereocenters. The lowest BCUT2D eigenvalue weighted by atomic mass is 10.2. The Kier molecular flexibility index (Phi) is 4.88. The molecule has 6 heteroatoms. The van der Waals surface area contributed by atoms with Crippen LogP contribution in [0.2, 0.25) is 0 Å². The molecule has 1 aromatic heterocycles. The van der Waals surface area contributed by atoms with Crippen LogP contribution in [0.1, 0.15) is 29.9 Å². The summed E-state index contributed by atoms with van der Waals surface area (Å²) in [5.41, 5.74) is 1.36. The third kappa shape index (κ3) is 3.43. The molecule has 0 aliphatic carbocycles. The highest BCUT2D eigenvalue weighted by Gasteiger charge is 2.28. The molecular weight excluding hydrogens is 276 g/mol. The number of nitrogens with zero attached hydrogens (tertiary/aromatic N) is 2. The van der Waals surface area contributed by atoms with E-state index in [1.54, 1.807) is 6.07 Å². The number of esters is 1. The number of ether oxygens (including phenoxy) is 1. The topological polar surface area (TPSA) is 59.5 Å². The normalized spacial score (nSPS) is 27.2.